The first-order chi connectivity index (χ1) is 9.54. The van der Waals surface area contributed by atoms with Crippen molar-refractivity contribution < 1.29 is 9.53 Å². The minimum Gasteiger partial charge on any atom is -0.491 e. The van der Waals surface area contributed by atoms with Crippen LogP contribution in [-0.2, 0) is 11.2 Å². The number of piperazine rings is 1. The number of hydrogen-bond acceptors (Lipinski definition) is 3. The van der Waals surface area contributed by atoms with Gasteiger partial charge < -0.3 is 14.5 Å². The molecule has 0 N–H and O–H groups in total. The van der Waals surface area contributed by atoms with Gasteiger partial charge >= 0.3 is 0 Å². The third-order valence-corrected chi connectivity index (χ3v) is 3.51. The van der Waals surface area contributed by atoms with Crippen molar-refractivity contribution in [1.82, 2.24) is 9.80 Å². The molecule has 1 saturated heterocycles. The number of nitrogens with zero attached hydrogens (tertiary/aromatic N) is 2. The third-order valence-electron chi connectivity index (χ3n) is 3.51. The van der Waals surface area contributed by atoms with Crippen molar-refractivity contribution in [2.75, 3.05) is 33.2 Å². The summed E-state index contributed by atoms with van der Waals surface area (Å²) in [4.78, 5) is 16.4. The number of ether oxygens (including phenoxy) is 1. The first-order valence-corrected chi connectivity index (χ1v) is 7.26. The number of carbonyl (C=O) groups excluding carboxylic acids is 1. The van der Waals surface area contributed by atoms with Crippen LogP contribution >= 0.6 is 0 Å². The summed E-state index contributed by atoms with van der Waals surface area (Å²) in [6.07, 6.45) is 0.652. The van der Waals surface area contributed by atoms with Crippen LogP contribution in [0.15, 0.2) is 24.3 Å². The van der Waals surface area contributed by atoms with E-state index in [-0.39, 0.29) is 12.0 Å². The highest BCUT2D eigenvalue weighted by atomic mass is 16.5. The van der Waals surface area contributed by atoms with Gasteiger partial charge in [-0.3, -0.25) is 4.79 Å². The Morgan fingerprint density at radius 2 is 1.75 bits per heavy atom. The van der Waals surface area contributed by atoms with E-state index in [4.69, 9.17) is 4.74 Å². The molecule has 1 amide bonds. The summed E-state index contributed by atoms with van der Waals surface area (Å²) in [5.74, 6) is 1.08. The highest BCUT2D eigenvalue weighted by Crippen LogP contribution is 2.15. The Balaban J connectivity index is 1.88. The molecule has 0 bridgehead atoms. The van der Waals surface area contributed by atoms with Gasteiger partial charge in [0.15, 0.2) is 0 Å². The van der Waals surface area contributed by atoms with Gasteiger partial charge in [-0.1, -0.05) is 12.1 Å². The van der Waals surface area contributed by atoms with Crippen molar-refractivity contribution in [2.45, 2.75) is 26.4 Å². The Bertz CT molecular complexity index is 434. The van der Waals surface area contributed by atoms with Gasteiger partial charge in [0.25, 0.3) is 0 Å². The van der Waals surface area contributed by atoms with E-state index in [2.05, 4.69) is 11.9 Å². The molecule has 1 aromatic carbocycles. The van der Waals surface area contributed by atoms with Gasteiger partial charge in [-0.25, -0.2) is 0 Å². The molecule has 0 unspecified atom stereocenters. The van der Waals surface area contributed by atoms with Gasteiger partial charge in [0.05, 0.1) is 12.5 Å². The van der Waals surface area contributed by atoms with Crippen LogP contribution in [0.3, 0.4) is 0 Å². The monoisotopic (exact) mass is 276 g/mol. The summed E-state index contributed by atoms with van der Waals surface area (Å²) in [6.45, 7) is 7.61. The molecule has 4 nitrogen and oxygen atoms in total. The van der Waals surface area contributed by atoms with Crippen LogP contribution in [0.1, 0.15) is 19.4 Å². The molecule has 0 spiro atoms. The number of carbonyl (C=O) groups is 1. The molecular formula is C16H24N2O2. The maximum Gasteiger partial charge on any atom is 0.227 e. The number of benzene rings is 1. The van der Waals surface area contributed by atoms with Gasteiger partial charge in [0.2, 0.25) is 5.91 Å². The second kappa shape index (κ2) is 6.75. The molecule has 20 heavy (non-hydrogen) atoms. The van der Waals surface area contributed by atoms with E-state index in [1.807, 2.05) is 43.0 Å². The van der Waals surface area contributed by atoms with Crippen LogP contribution in [0.5, 0.6) is 5.75 Å². The van der Waals surface area contributed by atoms with Gasteiger partial charge in [0.1, 0.15) is 5.75 Å². The van der Waals surface area contributed by atoms with Crippen LogP contribution in [0.4, 0.5) is 0 Å². The average Bonchev–Trinajstić information content (AvgIpc) is 2.41. The minimum atomic E-state index is 0.174. The molecule has 1 fully saturated rings. The van der Waals surface area contributed by atoms with Gasteiger partial charge in [-0.15, -0.1) is 0 Å². The van der Waals surface area contributed by atoms with Crippen molar-refractivity contribution >= 4 is 5.91 Å². The topological polar surface area (TPSA) is 32.8 Å². The molecule has 110 valence electrons. The Morgan fingerprint density at radius 1 is 1.15 bits per heavy atom. The maximum atomic E-state index is 12.2. The second-order valence-electron chi connectivity index (χ2n) is 5.67. The fourth-order valence-corrected chi connectivity index (χ4v) is 2.30. The van der Waals surface area contributed by atoms with Crippen LogP contribution in [0, 0.1) is 0 Å². The summed E-state index contributed by atoms with van der Waals surface area (Å²) in [5.41, 5.74) is 1.05. The molecular weight excluding hydrogens is 252 g/mol. The van der Waals surface area contributed by atoms with E-state index < -0.39 is 0 Å². The van der Waals surface area contributed by atoms with Crippen molar-refractivity contribution in [1.29, 1.82) is 0 Å². The van der Waals surface area contributed by atoms with E-state index >= 15 is 0 Å². The Kier molecular flexibility index (Phi) is 5.01. The van der Waals surface area contributed by atoms with E-state index in [1.165, 1.54) is 0 Å². The van der Waals surface area contributed by atoms with Crippen molar-refractivity contribution in [2.24, 2.45) is 0 Å². The van der Waals surface area contributed by atoms with Crippen LogP contribution in [0.25, 0.3) is 0 Å². The first-order valence-electron chi connectivity index (χ1n) is 7.26. The lowest BCUT2D eigenvalue weighted by molar-refractivity contribution is -0.132. The normalized spacial score (nSPS) is 16.5. The summed E-state index contributed by atoms with van der Waals surface area (Å²) in [7, 11) is 2.09. The maximum absolute atomic E-state index is 12.2. The Morgan fingerprint density at radius 3 is 2.30 bits per heavy atom. The van der Waals surface area contributed by atoms with Crippen molar-refractivity contribution in [3.8, 4) is 5.75 Å². The number of likely N-dealkylation sites (N-methyl/N-ethyl adjacent to an activating group) is 1. The smallest absolute Gasteiger partial charge is 0.227 e. The van der Waals surface area contributed by atoms with Crippen LogP contribution in [0.2, 0.25) is 0 Å². The molecule has 0 saturated carbocycles. The molecule has 0 aromatic heterocycles. The lowest BCUT2D eigenvalue weighted by Gasteiger charge is -2.32. The zero-order valence-electron chi connectivity index (χ0n) is 12.6. The number of amides is 1. The predicted octanol–water partition coefficient (Wildman–Crippen LogP) is 1.79. The third kappa shape index (κ3) is 4.23. The number of rotatable bonds is 4. The number of hydrogen-bond donors (Lipinski definition) is 0. The molecule has 1 heterocycles. The van der Waals surface area contributed by atoms with Crippen LogP contribution < -0.4 is 4.74 Å². The highest BCUT2D eigenvalue weighted by molar-refractivity contribution is 5.78. The van der Waals surface area contributed by atoms with Gasteiger partial charge in [0, 0.05) is 26.2 Å². The zero-order valence-corrected chi connectivity index (χ0v) is 12.6. The summed E-state index contributed by atoms with van der Waals surface area (Å²) in [6, 6.07) is 7.83. The molecule has 2 rings (SSSR count). The van der Waals surface area contributed by atoms with E-state index in [9.17, 15) is 4.79 Å². The molecule has 1 aromatic rings. The quantitative estimate of drug-likeness (QED) is 0.840. The SMILES string of the molecule is CC(C)Oc1ccc(CC(=O)N2CCN(C)CC2)cc1. The van der Waals surface area contributed by atoms with Crippen LogP contribution in [-0.4, -0.2) is 55.0 Å². The zero-order chi connectivity index (χ0) is 14.5. The highest BCUT2D eigenvalue weighted by Gasteiger charge is 2.18. The van der Waals surface area contributed by atoms with Gasteiger partial charge in [-0.05, 0) is 38.6 Å². The molecule has 1 aliphatic rings. The minimum absolute atomic E-state index is 0.174. The Labute approximate surface area is 121 Å². The fourth-order valence-electron chi connectivity index (χ4n) is 2.30. The fraction of sp³-hybridized carbons (Fsp3) is 0.562. The summed E-state index contributed by atoms with van der Waals surface area (Å²) < 4.78 is 5.60. The molecule has 4 heteroatoms. The van der Waals surface area contributed by atoms with E-state index in [0.29, 0.717) is 6.42 Å². The van der Waals surface area contributed by atoms with E-state index in [1.54, 1.807) is 0 Å². The second-order valence-corrected chi connectivity index (χ2v) is 5.67. The standard InChI is InChI=1S/C16H24N2O2/c1-13(2)20-15-6-4-14(5-7-15)12-16(19)18-10-8-17(3)9-11-18/h4-7,13H,8-12H2,1-3H3. The van der Waals surface area contributed by atoms with Crippen molar-refractivity contribution in [3.05, 3.63) is 29.8 Å². The molecule has 0 aliphatic carbocycles. The van der Waals surface area contributed by atoms with Crippen molar-refractivity contribution in [3.63, 3.8) is 0 Å². The lowest BCUT2D eigenvalue weighted by Crippen LogP contribution is -2.47. The Hall–Kier alpha value is -1.55. The molecule has 0 radical (unpaired) electrons. The first kappa shape index (κ1) is 14.9. The predicted molar refractivity (Wildman–Crippen MR) is 80.0 cm³/mol. The molecule has 0 atom stereocenters. The average molecular weight is 276 g/mol. The largest absolute Gasteiger partial charge is 0.491 e. The summed E-state index contributed by atoms with van der Waals surface area (Å²) >= 11 is 0. The van der Waals surface area contributed by atoms with E-state index in [0.717, 1.165) is 37.5 Å². The lowest BCUT2D eigenvalue weighted by atomic mass is 10.1. The molecule has 1 aliphatic heterocycles. The summed E-state index contributed by atoms with van der Waals surface area (Å²) in [5, 5.41) is 0. The van der Waals surface area contributed by atoms with Gasteiger partial charge in [-0.2, -0.15) is 0 Å².